The summed E-state index contributed by atoms with van der Waals surface area (Å²) in [6.45, 7) is 4.52. The third kappa shape index (κ3) is 2.44. The minimum absolute atomic E-state index is 0.287. The number of benzene rings is 1. The SMILES string of the molecule is CC1CC(C)[C@H](Oc2ccc(O)cc2)C1. The lowest BCUT2D eigenvalue weighted by molar-refractivity contribution is 0.166. The van der Waals surface area contributed by atoms with Gasteiger partial charge in [-0.3, -0.25) is 0 Å². The summed E-state index contributed by atoms with van der Waals surface area (Å²) < 4.78 is 5.90. The Kier molecular flexibility index (Phi) is 2.85. The molecule has 1 aliphatic carbocycles. The van der Waals surface area contributed by atoms with Gasteiger partial charge in [-0.25, -0.2) is 0 Å². The van der Waals surface area contributed by atoms with E-state index in [9.17, 15) is 0 Å². The van der Waals surface area contributed by atoms with Crippen molar-refractivity contribution in [3.8, 4) is 11.5 Å². The molecule has 1 N–H and O–H groups in total. The van der Waals surface area contributed by atoms with Gasteiger partial charge in [0.1, 0.15) is 17.6 Å². The average molecular weight is 206 g/mol. The van der Waals surface area contributed by atoms with Crippen molar-refractivity contribution in [2.45, 2.75) is 32.8 Å². The van der Waals surface area contributed by atoms with Gasteiger partial charge in [-0.2, -0.15) is 0 Å². The predicted octanol–water partition coefficient (Wildman–Crippen LogP) is 3.21. The average Bonchev–Trinajstić information content (AvgIpc) is 2.49. The van der Waals surface area contributed by atoms with E-state index in [-0.39, 0.29) is 5.75 Å². The van der Waals surface area contributed by atoms with Crippen LogP contribution in [-0.2, 0) is 0 Å². The zero-order valence-corrected chi connectivity index (χ0v) is 9.31. The van der Waals surface area contributed by atoms with Crippen LogP contribution in [0.2, 0.25) is 0 Å². The first-order valence-electron chi connectivity index (χ1n) is 5.61. The Morgan fingerprint density at radius 2 is 1.80 bits per heavy atom. The van der Waals surface area contributed by atoms with Crippen LogP contribution in [-0.4, -0.2) is 11.2 Å². The van der Waals surface area contributed by atoms with Crippen LogP contribution >= 0.6 is 0 Å². The van der Waals surface area contributed by atoms with Crippen molar-refractivity contribution in [1.29, 1.82) is 0 Å². The highest BCUT2D eigenvalue weighted by molar-refractivity contribution is 5.30. The number of phenolic OH excluding ortho intramolecular Hbond substituents is 1. The van der Waals surface area contributed by atoms with Crippen molar-refractivity contribution in [1.82, 2.24) is 0 Å². The third-order valence-electron chi connectivity index (χ3n) is 3.17. The van der Waals surface area contributed by atoms with Gasteiger partial charge in [0.2, 0.25) is 0 Å². The van der Waals surface area contributed by atoms with E-state index < -0.39 is 0 Å². The maximum absolute atomic E-state index is 9.16. The van der Waals surface area contributed by atoms with Gasteiger partial charge in [0.15, 0.2) is 0 Å². The molecule has 2 heteroatoms. The van der Waals surface area contributed by atoms with E-state index in [2.05, 4.69) is 13.8 Å². The Bertz CT molecular complexity index is 318. The summed E-state index contributed by atoms with van der Waals surface area (Å²) in [7, 11) is 0. The van der Waals surface area contributed by atoms with Crippen LogP contribution in [0.25, 0.3) is 0 Å². The Hall–Kier alpha value is -1.18. The van der Waals surface area contributed by atoms with E-state index in [0.29, 0.717) is 12.0 Å². The van der Waals surface area contributed by atoms with E-state index in [1.807, 2.05) is 12.1 Å². The second-order valence-electron chi connectivity index (χ2n) is 4.70. The number of phenols is 1. The van der Waals surface area contributed by atoms with E-state index in [0.717, 1.165) is 18.1 Å². The van der Waals surface area contributed by atoms with Crippen LogP contribution in [0.15, 0.2) is 24.3 Å². The lowest BCUT2D eigenvalue weighted by atomic mass is 10.1. The molecule has 0 aliphatic heterocycles. The second kappa shape index (κ2) is 4.13. The molecule has 1 saturated carbocycles. The van der Waals surface area contributed by atoms with E-state index in [1.165, 1.54) is 6.42 Å². The second-order valence-corrected chi connectivity index (χ2v) is 4.70. The van der Waals surface area contributed by atoms with Gasteiger partial charge >= 0.3 is 0 Å². The molecule has 0 spiro atoms. The topological polar surface area (TPSA) is 29.5 Å². The van der Waals surface area contributed by atoms with Crippen LogP contribution in [0, 0.1) is 11.8 Å². The highest BCUT2D eigenvalue weighted by atomic mass is 16.5. The number of aromatic hydroxyl groups is 1. The zero-order chi connectivity index (χ0) is 10.8. The Morgan fingerprint density at radius 3 is 2.33 bits per heavy atom. The van der Waals surface area contributed by atoms with E-state index in [4.69, 9.17) is 9.84 Å². The van der Waals surface area contributed by atoms with Crippen molar-refractivity contribution in [2.75, 3.05) is 0 Å². The Balaban J connectivity index is 2.00. The van der Waals surface area contributed by atoms with E-state index >= 15 is 0 Å². The monoisotopic (exact) mass is 206 g/mol. The van der Waals surface area contributed by atoms with Crippen LogP contribution < -0.4 is 4.74 Å². The van der Waals surface area contributed by atoms with Crippen molar-refractivity contribution < 1.29 is 9.84 Å². The van der Waals surface area contributed by atoms with Gasteiger partial charge in [-0.05, 0) is 48.9 Å². The third-order valence-corrected chi connectivity index (χ3v) is 3.17. The molecule has 0 radical (unpaired) electrons. The smallest absolute Gasteiger partial charge is 0.120 e. The molecule has 0 amide bonds. The van der Waals surface area contributed by atoms with Gasteiger partial charge in [-0.1, -0.05) is 13.8 Å². The highest BCUT2D eigenvalue weighted by Crippen LogP contribution is 2.33. The molecule has 15 heavy (non-hydrogen) atoms. The first-order chi connectivity index (χ1) is 7.15. The summed E-state index contributed by atoms with van der Waals surface area (Å²) in [6, 6.07) is 6.98. The molecule has 2 unspecified atom stereocenters. The number of hydrogen-bond acceptors (Lipinski definition) is 2. The minimum Gasteiger partial charge on any atom is -0.508 e. The van der Waals surface area contributed by atoms with Gasteiger partial charge in [0.25, 0.3) is 0 Å². The van der Waals surface area contributed by atoms with Crippen LogP contribution in [0.5, 0.6) is 11.5 Å². The lowest BCUT2D eigenvalue weighted by Crippen LogP contribution is -2.18. The minimum atomic E-state index is 0.287. The molecule has 0 saturated heterocycles. The molecule has 2 nitrogen and oxygen atoms in total. The fraction of sp³-hybridized carbons (Fsp3) is 0.538. The summed E-state index contributed by atoms with van der Waals surface area (Å²) in [5.74, 6) is 2.55. The lowest BCUT2D eigenvalue weighted by Gasteiger charge is -2.17. The van der Waals surface area contributed by atoms with E-state index in [1.54, 1.807) is 12.1 Å². The zero-order valence-electron chi connectivity index (χ0n) is 9.31. The van der Waals surface area contributed by atoms with Crippen molar-refractivity contribution in [2.24, 2.45) is 11.8 Å². The largest absolute Gasteiger partial charge is 0.508 e. The summed E-state index contributed by atoms with van der Waals surface area (Å²) in [6.07, 6.45) is 2.73. The molecular formula is C13H18O2. The number of rotatable bonds is 2. The first-order valence-corrected chi connectivity index (χ1v) is 5.61. The maximum Gasteiger partial charge on any atom is 0.120 e. The summed E-state index contributed by atoms with van der Waals surface area (Å²) in [4.78, 5) is 0. The van der Waals surface area contributed by atoms with Crippen molar-refractivity contribution in [3.05, 3.63) is 24.3 Å². The van der Waals surface area contributed by atoms with Crippen LogP contribution in [0.3, 0.4) is 0 Å². The summed E-state index contributed by atoms with van der Waals surface area (Å²) in [5, 5.41) is 9.16. The molecule has 1 aromatic carbocycles. The maximum atomic E-state index is 9.16. The fourth-order valence-corrected chi connectivity index (χ4v) is 2.38. The summed E-state index contributed by atoms with van der Waals surface area (Å²) >= 11 is 0. The van der Waals surface area contributed by atoms with Crippen LogP contribution in [0.4, 0.5) is 0 Å². The molecule has 2 rings (SSSR count). The molecule has 1 aromatic rings. The first kappa shape index (κ1) is 10.3. The van der Waals surface area contributed by atoms with Gasteiger partial charge in [0.05, 0.1) is 0 Å². The van der Waals surface area contributed by atoms with Gasteiger partial charge < -0.3 is 9.84 Å². The standard InChI is InChI=1S/C13H18O2/c1-9-7-10(2)13(8-9)15-12-5-3-11(14)4-6-12/h3-6,9-10,13-14H,7-8H2,1-2H3/t9?,10?,13-/m1/s1. The molecular weight excluding hydrogens is 188 g/mol. The highest BCUT2D eigenvalue weighted by Gasteiger charge is 2.30. The summed E-state index contributed by atoms with van der Waals surface area (Å²) in [5.41, 5.74) is 0. The van der Waals surface area contributed by atoms with Crippen molar-refractivity contribution in [3.63, 3.8) is 0 Å². The Morgan fingerprint density at radius 1 is 1.13 bits per heavy atom. The normalized spacial score (nSPS) is 30.4. The molecule has 1 aliphatic rings. The fourth-order valence-electron chi connectivity index (χ4n) is 2.38. The van der Waals surface area contributed by atoms with Crippen molar-refractivity contribution >= 4 is 0 Å². The van der Waals surface area contributed by atoms with Gasteiger partial charge in [0, 0.05) is 0 Å². The molecule has 82 valence electrons. The quantitative estimate of drug-likeness (QED) is 0.805. The van der Waals surface area contributed by atoms with Gasteiger partial charge in [-0.15, -0.1) is 0 Å². The molecule has 0 aromatic heterocycles. The molecule has 0 bridgehead atoms. The molecule has 0 heterocycles. The molecule has 1 fully saturated rings. The van der Waals surface area contributed by atoms with Crippen LogP contribution in [0.1, 0.15) is 26.7 Å². The molecule has 3 atom stereocenters. The number of hydrogen-bond donors (Lipinski definition) is 1. The number of ether oxygens (including phenoxy) is 1. The predicted molar refractivity (Wildman–Crippen MR) is 60.1 cm³/mol. The Labute approximate surface area is 90.9 Å².